The molecule has 0 saturated carbocycles. The molecule has 0 amide bonds. The van der Waals surface area contributed by atoms with Crippen molar-refractivity contribution in [3.05, 3.63) is 0 Å². The molecule has 0 radical (unpaired) electrons. The second-order valence-electron chi connectivity index (χ2n) is 8.10. The highest BCUT2D eigenvalue weighted by molar-refractivity contribution is 7.77. The van der Waals surface area contributed by atoms with Crippen molar-refractivity contribution in [2.45, 2.75) is 69.8 Å². The molecule has 0 aromatic carbocycles. The molecule has 7 nitrogen and oxygen atoms in total. The molecular formula is C17H35N3O4P2. The summed E-state index contributed by atoms with van der Waals surface area (Å²) in [7, 11) is -7.78. The lowest BCUT2D eigenvalue weighted by atomic mass is 10.2. The number of nitrogens with zero attached hydrogens (tertiary/aromatic N) is 3. The molecule has 0 bridgehead atoms. The molecule has 0 spiro atoms. The molecule has 3 heterocycles. The maximum Gasteiger partial charge on any atom is 0.310 e. The first-order valence-corrected chi connectivity index (χ1v) is 13.5. The number of aliphatic hydroxyl groups is 1. The Hall–Kier alpha value is 0.260. The first kappa shape index (κ1) is 21.0. The third-order valence-corrected chi connectivity index (χ3v) is 13.5. The largest absolute Gasteiger partial charge is 0.370 e. The zero-order valence-electron chi connectivity index (χ0n) is 16.1. The van der Waals surface area contributed by atoms with Crippen LogP contribution in [0.2, 0.25) is 0 Å². The highest BCUT2D eigenvalue weighted by atomic mass is 31.2. The molecule has 0 aliphatic carbocycles. The van der Waals surface area contributed by atoms with E-state index in [0.29, 0.717) is 39.3 Å². The van der Waals surface area contributed by atoms with Gasteiger partial charge in [0.1, 0.15) is 0 Å². The summed E-state index contributed by atoms with van der Waals surface area (Å²) in [5, 5.41) is 9.38. The van der Waals surface area contributed by atoms with Gasteiger partial charge < -0.3 is 10.00 Å². The Labute approximate surface area is 157 Å². The molecule has 3 aliphatic heterocycles. The quantitative estimate of drug-likeness (QED) is 0.675. The van der Waals surface area contributed by atoms with Gasteiger partial charge in [0.2, 0.25) is 5.08 Å². The SMILES string of the molecule is CC(O)(P(=O)(O)N1CCCCC1)P(=O)(N1CCCCC1)N1CCCCC1. The summed E-state index contributed by atoms with van der Waals surface area (Å²) in [5.41, 5.74) is 0. The van der Waals surface area contributed by atoms with Gasteiger partial charge in [0.05, 0.1) is 0 Å². The Morgan fingerprint density at radius 1 is 0.654 bits per heavy atom. The average molecular weight is 407 g/mol. The molecule has 3 fully saturated rings. The van der Waals surface area contributed by atoms with Gasteiger partial charge in [-0.3, -0.25) is 9.13 Å². The summed E-state index contributed by atoms with van der Waals surface area (Å²) >= 11 is 0. The van der Waals surface area contributed by atoms with Gasteiger partial charge in [-0.2, -0.15) is 0 Å². The lowest BCUT2D eigenvalue weighted by Crippen LogP contribution is -2.48. The molecule has 3 rings (SSSR count). The summed E-state index contributed by atoms with van der Waals surface area (Å²) < 4.78 is 33.2. The van der Waals surface area contributed by atoms with Gasteiger partial charge in [0.15, 0.2) is 0 Å². The molecule has 152 valence electrons. The van der Waals surface area contributed by atoms with Gasteiger partial charge in [-0.15, -0.1) is 0 Å². The lowest BCUT2D eigenvalue weighted by molar-refractivity contribution is 0.144. The zero-order valence-corrected chi connectivity index (χ0v) is 17.8. The van der Waals surface area contributed by atoms with Crippen molar-refractivity contribution >= 4 is 15.0 Å². The summed E-state index contributed by atoms with van der Waals surface area (Å²) in [6.07, 6.45) is 8.59. The van der Waals surface area contributed by atoms with E-state index in [1.807, 2.05) is 9.34 Å². The molecule has 2 atom stereocenters. The van der Waals surface area contributed by atoms with Crippen LogP contribution in [0.1, 0.15) is 64.7 Å². The molecule has 2 N–H and O–H groups in total. The van der Waals surface area contributed by atoms with Gasteiger partial charge >= 0.3 is 7.52 Å². The molecule has 9 heteroatoms. The van der Waals surface area contributed by atoms with Gasteiger partial charge in [-0.05, 0) is 45.4 Å². The first-order chi connectivity index (χ1) is 12.3. The van der Waals surface area contributed by atoms with Crippen molar-refractivity contribution in [3.63, 3.8) is 0 Å². The Bertz CT molecular complexity index is 546. The van der Waals surface area contributed by atoms with Crippen LogP contribution >= 0.6 is 15.0 Å². The Morgan fingerprint density at radius 2 is 0.962 bits per heavy atom. The third-order valence-electron chi connectivity index (χ3n) is 6.25. The van der Waals surface area contributed by atoms with Crippen molar-refractivity contribution < 1.29 is 19.1 Å². The Kier molecular flexibility index (Phi) is 6.72. The maximum atomic E-state index is 14.5. The fourth-order valence-electron chi connectivity index (χ4n) is 4.60. The summed E-state index contributed by atoms with van der Waals surface area (Å²) in [5.74, 6) is 0. The van der Waals surface area contributed by atoms with Gasteiger partial charge in [-0.1, -0.05) is 19.3 Å². The molecule has 3 aliphatic rings. The summed E-state index contributed by atoms with van der Waals surface area (Å²) in [6.45, 7) is 4.86. The van der Waals surface area contributed by atoms with Crippen LogP contribution in [0.4, 0.5) is 0 Å². The standard InChI is InChI=1S/C17H35N3O4P2/c1-17(21,26(23,24)20-15-9-4-10-16-20)25(22,18-11-5-2-6-12-18)19-13-7-3-8-14-19/h21H,2-16H2,1H3,(H,23,24). The van der Waals surface area contributed by atoms with Crippen molar-refractivity contribution in [2.24, 2.45) is 0 Å². The third kappa shape index (κ3) is 3.61. The van der Waals surface area contributed by atoms with Crippen LogP contribution in [-0.4, -0.2) is 68.4 Å². The molecule has 0 aromatic rings. The van der Waals surface area contributed by atoms with E-state index in [0.717, 1.165) is 57.8 Å². The minimum absolute atomic E-state index is 0.490. The Morgan fingerprint density at radius 3 is 1.31 bits per heavy atom. The molecule has 0 aromatic heterocycles. The van der Waals surface area contributed by atoms with Crippen molar-refractivity contribution in [2.75, 3.05) is 39.3 Å². The van der Waals surface area contributed by atoms with Crippen LogP contribution in [0.25, 0.3) is 0 Å². The van der Waals surface area contributed by atoms with Crippen LogP contribution in [0, 0.1) is 0 Å². The topological polar surface area (TPSA) is 84.3 Å². The molecule has 3 saturated heterocycles. The second-order valence-corrected chi connectivity index (χ2v) is 14.1. The lowest BCUT2D eigenvalue weighted by Gasteiger charge is -2.51. The molecular weight excluding hydrogens is 372 g/mol. The monoisotopic (exact) mass is 407 g/mol. The van der Waals surface area contributed by atoms with Crippen LogP contribution in [-0.2, 0) is 9.13 Å². The smallest absolute Gasteiger partial charge is 0.310 e. The van der Waals surface area contributed by atoms with Gasteiger partial charge in [0, 0.05) is 39.3 Å². The minimum Gasteiger partial charge on any atom is -0.370 e. The highest BCUT2D eigenvalue weighted by Gasteiger charge is 2.63. The van der Waals surface area contributed by atoms with E-state index in [4.69, 9.17) is 0 Å². The van der Waals surface area contributed by atoms with Crippen molar-refractivity contribution in [3.8, 4) is 0 Å². The van der Waals surface area contributed by atoms with E-state index in [1.165, 1.54) is 11.6 Å². The van der Waals surface area contributed by atoms with Crippen LogP contribution < -0.4 is 0 Å². The maximum absolute atomic E-state index is 14.5. The number of hydrogen-bond acceptors (Lipinski definition) is 3. The predicted molar refractivity (Wildman–Crippen MR) is 104 cm³/mol. The van der Waals surface area contributed by atoms with Crippen molar-refractivity contribution in [1.82, 2.24) is 14.0 Å². The first-order valence-electron chi connectivity index (χ1n) is 10.2. The predicted octanol–water partition coefficient (Wildman–Crippen LogP) is 3.49. The summed E-state index contributed by atoms with van der Waals surface area (Å²) in [6, 6.07) is 0. The second kappa shape index (κ2) is 8.32. The van der Waals surface area contributed by atoms with Gasteiger partial charge in [0.25, 0.3) is 7.44 Å². The fraction of sp³-hybridized carbons (Fsp3) is 1.00. The summed E-state index contributed by atoms with van der Waals surface area (Å²) in [4.78, 5) is 11.1. The highest BCUT2D eigenvalue weighted by Crippen LogP contribution is 2.77. The van der Waals surface area contributed by atoms with E-state index in [9.17, 15) is 19.1 Å². The van der Waals surface area contributed by atoms with Crippen LogP contribution in [0.3, 0.4) is 0 Å². The zero-order chi connectivity index (χ0) is 18.8. The normalized spacial score (nSPS) is 29.8. The number of hydrogen-bond donors (Lipinski definition) is 2. The Balaban J connectivity index is 1.97. The van der Waals surface area contributed by atoms with Crippen LogP contribution in [0.5, 0.6) is 0 Å². The number of rotatable bonds is 5. The van der Waals surface area contributed by atoms with E-state index >= 15 is 0 Å². The number of piperidine rings is 3. The van der Waals surface area contributed by atoms with E-state index in [1.54, 1.807) is 0 Å². The van der Waals surface area contributed by atoms with E-state index in [-0.39, 0.29) is 0 Å². The molecule has 2 unspecified atom stereocenters. The fourth-order valence-corrected chi connectivity index (χ4v) is 11.5. The van der Waals surface area contributed by atoms with E-state index < -0.39 is 20.0 Å². The average Bonchev–Trinajstić information content (AvgIpc) is 2.69. The van der Waals surface area contributed by atoms with Crippen molar-refractivity contribution in [1.29, 1.82) is 0 Å². The van der Waals surface area contributed by atoms with E-state index in [2.05, 4.69) is 0 Å². The minimum atomic E-state index is -4.18. The molecule has 26 heavy (non-hydrogen) atoms. The van der Waals surface area contributed by atoms with Crippen LogP contribution in [0.15, 0.2) is 0 Å². The van der Waals surface area contributed by atoms with Gasteiger partial charge in [-0.25, -0.2) is 14.0 Å².